The van der Waals surface area contributed by atoms with Crippen LogP contribution in [0.1, 0.15) is 0 Å². The molecule has 0 atom stereocenters. The third-order valence-electron chi connectivity index (χ3n) is 3.65. The summed E-state index contributed by atoms with van der Waals surface area (Å²) in [6, 6.07) is 8.03. The van der Waals surface area contributed by atoms with Gasteiger partial charge in [0.15, 0.2) is 0 Å². The number of halogens is 4. The quantitative estimate of drug-likeness (QED) is 0.554. The molecule has 2 aromatic carbocycles. The van der Waals surface area contributed by atoms with Crippen LogP contribution in [0.4, 0.5) is 13.2 Å². The Morgan fingerprint density at radius 1 is 0.923 bits per heavy atom. The smallest absolute Gasteiger partial charge is 0.266 e. The van der Waals surface area contributed by atoms with Crippen molar-refractivity contribution in [1.29, 1.82) is 0 Å². The highest BCUT2D eigenvalue weighted by Gasteiger charge is 2.22. The molecule has 0 radical (unpaired) electrons. The Morgan fingerprint density at radius 3 is 2.27 bits per heavy atom. The monoisotopic (exact) mass is 376 g/mol. The van der Waals surface area contributed by atoms with E-state index >= 15 is 0 Å². The molecule has 4 aromatic rings. The van der Waals surface area contributed by atoms with Gasteiger partial charge in [0.2, 0.25) is 0 Å². The zero-order valence-corrected chi connectivity index (χ0v) is 13.6. The number of hydrogen-bond acceptors (Lipinski definition) is 4. The van der Waals surface area contributed by atoms with Crippen LogP contribution in [-0.2, 0) is 0 Å². The number of nitrogens with one attached hydrogen (secondary N) is 1. The van der Waals surface area contributed by atoms with E-state index in [-0.39, 0.29) is 5.89 Å². The normalized spacial score (nSPS) is 11.1. The van der Waals surface area contributed by atoms with Crippen LogP contribution in [0.5, 0.6) is 0 Å². The molecule has 130 valence electrons. The van der Waals surface area contributed by atoms with Crippen molar-refractivity contribution < 1.29 is 17.6 Å². The van der Waals surface area contributed by atoms with Crippen molar-refractivity contribution in [2.75, 3.05) is 0 Å². The number of nitrogens with zero attached hydrogens (tertiary/aromatic N) is 3. The zero-order valence-electron chi connectivity index (χ0n) is 12.8. The van der Waals surface area contributed by atoms with Crippen LogP contribution in [0, 0.1) is 17.5 Å². The average molecular weight is 377 g/mol. The van der Waals surface area contributed by atoms with Gasteiger partial charge in [0.1, 0.15) is 28.7 Å². The van der Waals surface area contributed by atoms with Crippen molar-refractivity contribution >= 4 is 11.6 Å². The van der Waals surface area contributed by atoms with Gasteiger partial charge >= 0.3 is 0 Å². The minimum atomic E-state index is -1.14. The number of benzene rings is 2. The lowest BCUT2D eigenvalue weighted by atomic mass is 10.1. The van der Waals surface area contributed by atoms with Crippen LogP contribution in [0.25, 0.3) is 34.2 Å². The molecule has 0 bridgehead atoms. The molecule has 26 heavy (non-hydrogen) atoms. The van der Waals surface area contributed by atoms with E-state index in [1.54, 1.807) is 30.5 Å². The molecule has 0 fully saturated rings. The minimum absolute atomic E-state index is 0.0226. The molecule has 0 amide bonds. The highest BCUT2D eigenvalue weighted by atomic mass is 35.5. The van der Waals surface area contributed by atoms with Crippen LogP contribution in [0.3, 0.4) is 0 Å². The summed E-state index contributed by atoms with van der Waals surface area (Å²) in [6.45, 7) is 0. The Kier molecular flexibility index (Phi) is 3.96. The minimum Gasteiger partial charge on any atom is -0.414 e. The van der Waals surface area contributed by atoms with E-state index in [2.05, 4.69) is 20.4 Å². The summed E-state index contributed by atoms with van der Waals surface area (Å²) in [5.41, 5.74) is 1.18. The Morgan fingerprint density at radius 2 is 1.58 bits per heavy atom. The van der Waals surface area contributed by atoms with Crippen molar-refractivity contribution in [3.63, 3.8) is 0 Å². The van der Waals surface area contributed by atoms with E-state index in [1.807, 2.05) is 0 Å². The number of H-pyrrole nitrogens is 1. The molecule has 0 aliphatic carbocycles. The summed E-state index contributed by atoms with van der Waals surface area (Å²) in [6.07, 6.45) is 1.54. The Hall–Kier alpha value is -3.13. The van der Waals surface area contributed by atoms with Gasteiger partial charge in [-0.15, -0.1) is 10.2 Å². The van der Waals surface area contributed by atoms with Crippen LogP contribution in [-0.4, -0.2) is 20.4 Å². The molecule has 0 spiro atoms. The Bertz CT molecular complexity index is 1070. The van der Waals surface area contributed by atoms with Gasteiger partial charge in [-0.3, -0.25) is 5.10 Å². The second kappa shape index (κ2) is 6.30. The maximum absolute atomic E-state index is 13.9. The molecule has 0 saturated heterocycles. The summed E-state index contributed by atoms with van der Waals surface area (Å²) >= 11 is 5.88. The molecule has 2 aromatic heterocycles. The van der Waals surface area contributed by atoms with Crippen LogP contribution < -0.4 is 0 Å². The predicted octanol–water partition coefficient (Wildman–Crippen LogP) is 4.86. The Labute approximate surface area is 149 Å². The second-order valence-electron chi connectivity index (χ2n) is 5.32. The number of hydrogen-bond donors (Lipinski definition) is 1. The average Bonchev–Trinajstić information content (AvgIpc) is 3.23. The first-order valence-corrected chi connectivity index (χ1v) is 7.69. The molecular weight excluding hydrogens is 369 g/mol. The van der Waals surface area contributed by atoms with Crippen LogP contribution in [0.15, 0.2) is 47.0 Å². The fraction of sp³-hybridized carbons (Fsp3) is 0. The Balaban J connectivity index is 1.77. The maximum Gasteiger partial charge on any atom is 0.266 e. The molecule has 9 heteroatoms. The zero-order chi connectivity index (χ0) is 18.3. The molecule has 0 saturated carbocycles. The summed E-state index contributed by atoms with van der Waals surface area (Å²) in [7, 11) is 0. The van der Waals surface area contributed by atoms with E-state index in [0.29, 0.717) is 28.4 Å². The van der Waals surface area contributed by atoms with Gasteiger partial charge in [-0.25, -0.2) is 13.2 Å². The molecule has 0 aliphatic rings. The lowest BCUT2D eigenvalue weighted by Crippen LogP contribution is -1.92. The van der Waals surface area contributed by atoms with Gasteiger partial charge in [-0.2, -0.15) is 5.10 Å². The fourth-order valence-corrected chi connectivity index (χ4v) is 2.60. The van der Waals surface area contributed by atoms with E-state index in [9.17, 15) is 13.2 Å². The summed E-state index contributed by atoms with van der Waals surface area (Å²) in [4.78, 5) is 0. The molecule has 4 rings (SSSR count). The fourth-order valence-electron chi connectivity index (χ4n) is 2.47. The van der Waals surface area contributed by atoms with Gasteiger partial charge in [-0.05, 0) is 17.7 Å². The second-order valence-corrected chi connectivity index (χ2v) is 5.76. The summed E-state index contributed by atoms with van der Waals surface area (Å²) in [5, 5.41) is 14.7. The summed E-state index contributed by atoms with van der Waals surface area (Å²) in [5.74, 6) is -3.75. The van der Waals surface area contributed by atoms with Crippen molar-refractivity contribution in [2.24, 2.45) is 0 Å². The molecule has 0 aliphatic heterocycles. The van der Waals surface area contributed by atoms with Crippen LogP contribution in [0.2, 0.25) is 5.02 Å². The first kappa shape index (κ1) is 16.3. The molecule has 1 N–H and O–H groups in total. The third-order valence-corrected chi connectivity index (χ3v) is 3.91. The van der Waals surface area contributed by atoms with Gasteiger partial charge < -0.3 is 4.42 Å². The van der Waals surface area contributed by atoms with E-state index in [0.717, 1.165) is 5.56 Å². The largest absolute Gasteiger partial charge is 0.414 e. The molecule has 5 nitrogen and oxygen atoms in total. The van der Waals surface area contributed by atoms with E-state index in [1.165, 1.54) is 0 Å². The first-order valence-electron chi connectivity index (χ1n) is 7.31. The van der Waals surface area contributed by atoms with Crippen molar-refractivity contribution in [1.82, 2.24) is 20.4 Å². The molecule has 2 heterocycles. The van der Waals surface area contributed by atoms with Gasteiger partial charge in [0.25, 0.3) is 11.8 Å². The predicted molar refractivity (Wildman–Crippen MR) is 87.6 cm³/mol. The highest BCUT2D eigenvalue weighted by molar-refractivity contribution is 6.30. The van der Waals surface area contributed by atoms with Gasteiger partial charge in [-0.1, -0.05) is 23.7 Å². The van der Waals surface area contributed by atoms with Crippen molar-refractivity contribution in [3.8, 4) is 34.2 Å². The van der Waals surface area contributed by atoms with Crippen molar-refractivity contribution in [3.05, 3.63) is 65.1 Å². The number of rotatable bonds is 3. The topological polar surface area (TPSA) is 67.6 Å². The van der Waals surface area contributed by atoms with E-state index in [4.69, 9.17) is 16.0 Å². The van der Waals surface area contributed by atoms with E-state index < -0.39 is 28.9 Å². The van der Waals surface area contributed by atoms with Gasteiger partial charge in [0, 0.05) is 22.7 Å². The standard InChI is InChI=1S/C17H8ClF3N4O/c18-9-3-1-8(2-4-9)11-7-22-23-15(11)17-25-24-16(26-17)14-12(20)5-10(19)6-13(14)21/h1-7H,(H,22,23). The number of aromatic amines is 1. The van der Waals surface area contributed by atoms with Crippen LogP contribution >= 0.6 is 11.6 Å². The molecular formula is C17H8ClF3N4O. The third kappa shape index (κ3) is 2.84. The van der Waals surface area contributed by atoms with Crippen molar-refractivity contribution in [2.45, 2.75) is 0 Å². The number of aromatic nitrogens is 4. The SMILES string of the molecule is Fc1cc(F)c(-c2nnc(-c3[nH]ncc3-c3ccc(Cl)cc3)o2)c(F)c1. The summed E-state index contributed by atoms with van der Waals surface area (Å²) < 4.78 is 46.2. The first-order chi connectivity index (χ1) is 12.5. The van der Waals surface area contributed by atoms with Gasteiger partial charge in [0.05, 0.1) is 6.20 Å². The lowest BCUT2D eigenvalue weighted by Gasteiger charge is -2.01. The lowest BCUT2D eigenvalue weighted by molar-refractivity contribution is 0.527. The molecule has 0 unspecified atom stereocenters. The maximum atomic E-state index is 13.9. The highest BCUT2D eigenvalue weighted by Crippen LogP contribution is 2.33.